The number of carbonyl (C=O) groups excluding carboxylic acids is 2. The van der Waals surface area contributed by atoms with Gasteiger partial charge in [0.1, 0.15) is 11.6 Å². The van der Waals surface area contributed by atoms with Crippen LogP contribution >= 0.6 is 0 Å². The van der Waals surface area contributed by atoms with Gasteiger partial charge in [-0.05, 0) is 39.5 Å². The van der Waals surface area contributed by atoms with Gasteiger partial charge < -0.3 is 10.2 Å². The average molecular weight is 210 g/mol. The molecule has 4 nitrogen and oxygen atoms in total. The van der Waals surface area contributed by atoms with Crippen LogP contribution in [0.25, 0.3) is 0 Å². The molecule has 2 aliphatic rings. The van der Waals surface area contributed by atoms with Crippen molar-refractivity contribution in [2.24, 2.45) is 5.92 Å². The minimum Gasteiger partial charge on any atom is -0.340 e. The molecule has 0 aromatic heterocycles. The van der Waals surface area contributed by atoms with Crippen LogP contribution in [0, 0.1) is 5.92 Å². The topological polar surface area (TPSA) is 49.4 Å². The highest BCUT2D eigenvalue weighted by atomic mass is 16.2. The molecule has 2 amide bonds. The number of piperazine rings is 1. The molecule has 15 heavy (non-hydrogen) atoms. The maximum Gasteiger partial charge on any atom is 0.248 e. The first-order valence-corrected chi connectivity index (χ1v) is 5.55. The van der Waals surface area contributed by atoms with E-state index in [1.807, 2.05) is 0 Å². The predicted octanol–water partition coefficient (Wildman–Crippen LogP) is 0.522. The van der Waals surface area contributed by atoms with E-state index in [2.05, 4.69) is 5.32 Å². The molecule has 0 radical (unpaired) electrons. The largest absolute Gasteiger partial charge is 0.340 e. The van der Waals surface area contributed by atoms with Crippen molar-refractivity contribution in [2.75, 3.05) is 6.54 Å². The quantitative estimate of drug-likeness (QED) is 0.722. The summed E-state index contributed by atoms with van der Waals surface area (Å²) in [5, 5.41) is 2.75. The van der Waals surface area contributed by atoms with Crippen molar-refractivity contribution in [3.05, 3.63) is 0 Å². The molecule has 0 aromatic carbocycles. The number of hydrogen-bond donors (Lipinski definition) is 1. The fourth-order valence-electron chi connectivity index (χ4n) is 1.96. The third kappa shape index (κ3) is 1.85. The Morgan fingerprint density at radius 3 is 2.53 bits per heavy atom. The SMILES string of the molecule is CC1C(=O)NC(C)(C)C(=O)N1CC1CC1. The summed E-state index contributed by atoms with van der Waals surface area (Å²) in [4.78, 5) is 25.5. The third-order valence-corrected chi connectivity index (χ3v) is 3.23. The Morgan fingerprint density at radius 2 is 2.00 bits per heavy atom. The summed E-state index contributed by atoms with van der Waals surface area (Å²) in [5.41, 5.74) is -0.738. The van der Waals surface area contributed by atoms with Gasteiger partial charge in [0, 0.05) is 6.54 Å². The summed E-state index contributed by atoms with van der Waals surface area (Å²) < 4.78 is 0. The lowest BCUT2D eigenvalue weighted by Crippen LogP contribution is -2.67. The molecule has 2 rings (SSSR count). The lowest BCUT2D eigenvalue weighted by atomic mass is 9.97. The van der Waals surface area contributed by atoms with Crippen LogP contribution in [0.1, 0.15) is 33.6 Å². The molecular weight excluding hydrogens is 192 g/mol. The van der Waals surface area contributed by atoms with Crippen molar-refractivity contribution >= 4 is 11.8 Å². The van der Waals surface area contributed by atoms with E-state index in [1.165, 1.54) is 12.8 Å². The summed E-state index contributed by atoms with van der Waals surface area (Å²) in [6.07, 6.45) is 2.39. The Labute approximate surface area is 90.0 Å². The van der Waals surface area contributed by atoms with Gasteiger partial charge in [-0.1, -0.05) is 0 Å². The predicted molar refractivity (Wildman–Crippen MR) is 56.1 cm³/mol. The van der Waals surface area contributed by atoms with Crippen molar-refractivity contribution in [1.29, 1.82) is 0 Å². The van der Waals surface area contributed by atoms with Crippen LogP contribution in [0.4, 0.5) is 0 Å². The molecule has 0 bridgehead atoms. The van der Waals surface area contributed by atoms with Crippen LogP contribution in [0.2, 0.25) is 0 Å². The van der Waals surface area contributed by atoms with Crippen molar-refractivity contribution in [1.82, 2.24) is 10.2 Å². The highest BCUT2D eigenvalue weighted by molar-refractivity contribution is 5.99. The van der Waals surface area contributed by atoms with E-state index in [-0.39, 0.29) is 17.9 Å². The smallest absolute Gasteiger partial charge is 0.248 e. The number of hydrogen-bond acceptors (Lipinski definition) is 2. The van der Waals surface area contributed by atoms with Gasteiger partial charge in [-0.25, -0.2) is 0 Å². The van der Waals surface area contributed by atoms with Crippen LogP contribution < -0.4 is 5.32 Å². The molecule has 4 heteroatoms. The maximum absolute atomic E-state index is 12.1. The lowest BCUT2D eigenvalue weighted by Gasteiger charge is -2.41. The second kappa shape index (κ2) is 3.22. The Kier molecular flexibility index (Phi) is 2.24. The molecule has 84 valence electrons. The van der Waals surface area contributed by atoms with Crippen molar-refractivity contribution < 1.29 is 9.59 Å². The van der Waals surface area contributed by atoms with E-state index >= 15 is 0 Å². The zero-order valence-electron chi connectivity index (χ0n) is 9.54. The molecule has 1 aliphatic heterocycles. The minimum absolute atomic E-state index is 0.0414. The van der Waals surface area contributed by atoms with Crippen LogP contribution in [0.5, 0.6) is 0 Å². The molecule has 0 aromatic rings. The van der Waals surface area contributed by atoms with Crippen molar-refractivity contribution in [2.45, 2.75) is 45.2 Å². The first kappa shape index (κ1) is 10.5. The molecule has 2 fully saturated rings. The standard InChI is InChI=1S/C11H18N2O2/c1-7-9(14)12-11(2,3)10(15)13(7)6-8-4-5-8/h7-8H,4-6H2,1-3H3,(H,12,14). The first-order chi connectivity index (χ1) is 6.92. The number of nitrogens with zero attached hydrogens (tertiary/aromatic N) is 1. The molecular formula is C11H18N2O2. The Hall–Kier alpha value is -1.06. The summed E-state index contributed by atoms with van der Waals surface area (Å²) in [6, 6.07) is -0.314. The second-order valence-corrected chi connectivity index (χ2v) is 5.19. The minimum atomic E-state index is -0.738. The Balaban J connectivity index is 2.16. The summed E-state index contributed by atoms with van der Waals surface area (Å²) in [6.45, 7) is 6.07. The molecule has 1 atom stereocenters. The zero-order chi connectivity index (χ0) is 11.2. The van der Waals surface area contributed by atoms with Gasteiger partial charge in [0.25, 0.3) is 0 Å². The van der Waals surface area contributed by atoms with E-state index in [0.717, 1.165) is 6.54 Å². The molecule has 1 saturated carbocycles. The van der Waals surface area contributed by atoms with E-state index in [4.69, 9.17) is 0 Å². The van der Waals surface area contributed by atoms with E-state index < -0.39 is 5.54 Å². The molecule has 0 spiro atoms. The van der Waals surface area contributed by atoms with E-state index in [1.54, 1.807) is 25.7 Å². The molecule has 1 heterocycles. The molecule has 1 saturated heterocycles. The summed E-state index contributed by atoms with van der Waals surface area (Å²) in [7, 11) is 0. The van der Waals surface area contributed by atoms with Gasteiger partial charge >= 0.3 is 0 Å². The Morgan fingerprint density at radius 1 is 1.40 bits per heavy atom. The number of rotatable bonds is 2. The highest BCUT2D eigenvalue weighted by Gasteiger charge is 2.44. The number of carbonyl (C=O) groups is 2. The van der Waals surface area contributed by atoms with Gasteiger partial charge in [-0.3, -0.25) is 9.59 Å². The summed E-state index contributed by atoms with van der Waals surface area (Å²) in [5.74, 6) is 0.625. The lowest BCUT2D eigenvalue weighted by molar-refractivity contribution is -0.153. The highest BCUT2D eigenvalue weighted by Crippen LogP contribution is 2.32. The van der Waals surface area contributed by atoms with Crippen LogP contribution in [-0.2, 0) is 9.59 Å². The van der Waals surface area contributed by atoms with Crippen LogP contribution in [-0.4, -0.2) is 34.8 Å². The van der Waals surface area contributed by atoms with Gasteiger partial charge in [-0.15, -0.1) is 0 Å². The second-order valence-electron chi connectivity index (χ2n) is 5.19. The normalized spacial score (nSPS) is 30.3. The fourth-order valence-corrected chi connectivity index (χ4v) is 1.96. The Bertz CT molecular complexity index is 308. The molecule has 1 aliphatic carbocycles. The average Bonchev–Trinajstić information content (AvgIpc) is 2.92. The van der Waals surface area contributed by atoms with Gasteiger partial charge in [0.2, 0.25) is 11.8 Å². The van der Waals surface area contributed by atoms with Crippen LogP contribution in [0.15, 0.2) is 0 Å². The van der Waals surface area contributed by atoms with E-state index in [9.17, 15) is 9.59 Å². The fraction of sp³-hybridized carbons (Fsp3) is 0.818. The van der Waals surface area contributed by atoms with Crippen molar-refractivity contribution in [3.63, 3.8) is 0 Å². The van der Waals surface area contributed by atoms with Gasteiger partial charge in [0.15, 0.2) is 0 Å². The third-order valence-electron chi connectivity index (χ3n) is 3.23. The number of nitrogens with one attached hydrogen (secondary N) is 1. The number of amides is 2. The first-order valence-electron chi connectivity index (χ1n) is 5.55. The van der Waals surface area contributed by atoms with Crippen LogP contribution in [0.3, 0.4) is 0 Å². The van der Waals surface area contributed by atoms with Crippen molar-refractivity contribution in [3.8, 4) is 0 Å². The maximum atomic E-state index is 12.1. The van der Waals surface area contributed by atoms with Gasteiger partial charge in [-0.2, -0.15) is 0 Å². The molecule has 1 N–H and O–H groups in total. The zero-order valence-corrected chi connectivity index (χ0v) is 9.54. The van der Waals surface area contributed by atoms with E-state index in [0.29, 0.717) is 5.92 Å². The molecule has 1 unspecified atom stereocenters. The van der Waals surface area contributed by atoms with Gasteiger partial charge in [0.05, 0.1) is 0 Å². The summed E-state index contributed by atoms with van der Waals surface area (Å²) >= 11 is 0. The monoisotopic (exact) mass is 210 g/mol.